The molecule has 0 spiro atoms. The van der Waals surface area contributed by atoms with Gasteiger partial charge in [-0.1, -0.05) is 38.2 Å². The summed E-state index contributed by atoms with van der Waals surface area (Å²) in [5.74, 6) is -0.766. The number of carbonyl (C=O) groups excluding carboxylic acids is 2. The number of fused-ring (bicyclic) bond motifs is 1. The van der Waals surface area contributed by atoms with Crippen molar-refractivity contribution in [3.05, 3.63) is 71.5 Å². The predicted octanol–water partition coefficient (Wildman–Crippen LogP) is 2.51. The van der Waals surface area contributed by atoms with Crippen LogP contribution in [0, 0.1) is 5.92 Å². The molecule has 2 heterocycles. The Morgan fingerprint density at radius 1 is 1.15 bits per heavy atom. The number of amides is 2. The first-order valence-corrected chi connectivity index (χ1v) is 14.5. The minimum absolute atomic E-state index is 0.0674. The fourth-order valence-corrected chi connectivity index (χ4v) is 6.51. The molecule has 0 aromatic heterocycles. The molecule has 210 valence electrons. The maximum Gasteiger partial charge on any atom is 0.268 e. The SMILES string of the molecule is CCC(CC)C(=O)N1CC(NS(=O)(=O)c2ccc(OCC3=C4C=CC=CC4N(C)C(C)=C3)cc2)(C(=O)NO)C1. The summed E-state index contributed by atoms with van der Waals surface area (Å²) in [6.45, 7) is 5.83. The molecule has 2 amide bonds. The number of hydroxylamine groups is 1. The van der Waals surface area contributed by atoms with Crippen LogP contribution < -0.4 is 14.9 Å². The number of carbonyl (C=O) groups is 2. The quantitative estimate of drug-likeness (QED) is 0.298. The lowest BCUT2D eigenvalue weighted by atomic mass is 9.88. The number of likely N-dealkylation sites (N-methyl/N-ethyl adjacent to an activating group) is 1. The normalized spacial score (nSPS) is 19.9. The largest absolute Gasteiger partial charge is 0.489 e. The van der Waals surface area contributed by atoms with E-state index < -0.39 is 21.5 Å². The molecule has 1 unspecified atom stereocenters. The van der Waals surface area contributed by atoms with E-state index in [1.165, 1.54) is 22.5 Å². The molecule has 0 saturated carbocycles. The van der Waals surface area contributed by atoms with Crippen molar-refractivity contribution in [1.82, 2.24) is 20.0 Å². The molecule has 0 radical (unpaired) electrons. The van der Waals surface area contributed by atoms with E-state index in [1.807, 2.05) is 40.0 Å². The van der Waals surface area contributed by atoms with Gasteiger partial charge in [-0.15, -0.1) is 0 Å². The van der Waals surface area contributed by atoms with Gasteiger partial charge in [0.05, 0.1) is 24.0 Å². The Morgan fingerprint density at radius 2 is 1.82 bits per heavy atom. The van der Waals surface area contributed by atoms with E-state index in [9.17, 15) is 23.2 Å². The minimum Gasteiger partial charge on any atom is -0.489 e. The second-order valence-corrected chi connectivity index (χ2v) is 11.8. The van der Waals surface area contributed by atoms with Crippen molar-refractivity contribution in [1.29, 1.82) is 0 Å². The van der Waals surface area contributed by atoms with Gasteiger partial charge in [-0.2, -0.15) is 4.72 Å². The zero-order valence-corrected chi connectivity index (χ0v) is 23.5. The average Bonchev–Trinajstić information content (AvgIpc) is 2.92. The Balaban J connectivity index is 1.44. The van der Waals surface area contributed by atoms with Crippen LogP contribution in [0.15, 0.2) is 76.4 Å². The number of hydrogen-bond donors (Lipinski definition) is 3. The third kappa shape index (κ3) is 5.66. The van der Waals surface area contributed by atoms with Crippen molar-refractivity contribution >= 4 is 21.8 Å². The van der Waals surface area contributed by atoms with E-state index in [1.54, 1.807) is 12.1 Å². The third-order valence-electron chi connectivity index (χ3n) is 7.69. The smallest absolute Gasteiger partial charge is 0.268 e. The van der Waals surface area contributed by atoms with Crippen LogP contribution >= 0.6 is 0 Å². The van der Waals surface area contributed by atoms with Crippen LogP contribution in [0.1, 0.15) is 33.6 Å². The fraction of sp³-hybridized carbons (Fsp3) is 0.429. The molecule has 1 aromatic carbocycles. The number of rotatable bonds is 10. The Labute approximate surface area is 229 Å². The van der Waals surface area contributed by atoms with E-state index in [4.69, 9.17) is 4.74 Å². The van der Waals surface area contributed by atoms with Crippen LogP contribution in [-0.4, -0.2) is 73.6 Å². The molecule has 39 heavy (non-hydrogen) atoms. The number of nitrogens with one attached hydrogen (secondary N) is 2. The lowest BCUT2D eigenvalue weighted by molar-refractivity contribution is -0.153. The summed E-state index contributed by atoms with van der Waals surface area (Å²) in [4.78, 5) is 28.7. The first kappa shape index (κ1) is 28.6. The number of ether oxygens (including phenoxy) is 1. The Morgan fingerprint density at radius 3 is 2.44 bits per heavy atom. The van der Waals surface area contributed by atoms with E-state index in [0.717, 1.165) is 16.8 Å². The molecule has 1 aliphatic carbocycles. The zero-order chi connectivity index (χ0) is 28.4. The van der Waals surface area contributed by atoms with Gasteiger partial charge in [0.2, 0.25) is 15.9 Å². The predicted molar refractivity (Wildman–Crippen MR) is 146 cm³/mol. The van der Waals surface area contributed by atoms with Crippen molar-refractivity contribution in [3.63, 3.8) is 0 Å². The number of allylic oxidation sites excluding steroid dienone is 3. The third-order valence-corrected chi connectivity index (χ3v) is 9.24. The molecule has 1 atom stereocenters. The van der Waals surface area contributed by atoms with Crippen LogP contribution in [0.5, 0.6) is 5.75 Å². The van der Waals surface area contributed by atoms with Gasteiger partial charge in [0.1, 0.15) is 17.9 Å². The standard InChI is InChI=1S/C28H36N4O6S/c1-5-20(6-2)26(33)32-17-28(18-32,27(34)29-35)30-39(36,37)23-13-11-22(12-14-23)38-16-21-15-19(3)31(4)25-10-8-7-9-24(21)25/h7-15,20,25,30,35H,5-6,16-18H2,1-4H3,(H,29,34). The molecule has 1 aromatic rings. The van der Waals surface area contributed by atoms with Gasteiger partial charge in [0.25, 0.3) is 5.91 Å². The summed E-state index contributed by atoms with van der Waals surface area (Å²) >= 11 is 0. The summed E-state index contributed by atoms with van der Waals surface area (Å²) < 4.78 is 34.7. The summed E-state index contributed by atoms with van der Waals surface area (Å²) in [6.07, 6.45) is 11.6. The van der Waals surface area contributed by atoms with E-state index in [0.29, 0.717) is 25.2 Å². The van der Waals surface area contributed by atoms with Crippen molar-refractivity contribution < 1.29 is 28.0 Å². The number of hydrogen-bond acceptors (Lipinski definition) is 7. The second-order valence-electron chi connectivity index (χ2n) is 10.2. The number of benzene rings is 1. The molecule has 3 N–H and O–H groups in total. The first-order valence-electron chi connectivity index (χ1n) is 13.0. The van der Waals surface area contributed by atoms with Gasteiger partial charge in [-0.05, 0) is 61.3 Å². The van der Waals surface area contributed by atoms with E-state index >= 15 is 0 Å². The topological polar surface area (TPSA) is 128 Å². The minimum atomic E-state index is -4.15. The fourth-order valence-electron chi connectivity index (χ4n) is 5.16. The van der Waals surface area contributed by atoms with Gasteiger partial charge in [-0.3, -0.25) is 14.8 Å². The molecule has 3 aliphatic rings. The zero-order valence-electron chi connectivity index (χ0n) is 22.7. The summed E-state index contributed by atoms with van der Waals surface area (Å²) in [6, 6.07) is 6.05. The monoisotopic (exact) mass is 556 g/mol. The molecule has 10 nitrogen and oxygen atoms in total. The maximum atomic E-state index is 13.2. The highest BCUT2D eigenvalue weighted by molar-refractivity contribution is 7.89. The number of likely N-dealkylation sites (tertiary alicyclic amines) is 1. The molecule has 2 aliphatic heterocycles. The second kappa shape index (κ2) is 11.4. The van der Waals surface area contributed by atoms with Gasteiger partial charge < -0.3 is 14.5 Å². The van der Waals surface area contributed by atoms with E-state index in [2.05, 4.69) is 27.9 Å². The molecular formula is C28H36N4O6S. The summed E-state index contributed by atoms with van der Waals surface area (Å²) in [5, 5.41) is 9.26. The van der Waals surface area contributed by atoms with Gasteiger partial charge in [0.15, 0.2) is 0 Å². The van der Waals surface area contributed by atoms with Crippen molar-refractivity contribution in [2.24, 2.45) is 5.92 Å². The number of nitrogens with zero attached hydrogens (tertiary/aromatic N) is 2. The summed E-state index contributed by atoms with van der Waals surface area (Å²) in [7, 11) is -2.11. The molecule has 1 fully saturated rings. The summed E-state index contributed by atoms with van der Waals surface area (Å²) in [5.41, 5.74) is 3.19. The Kier molecular flexibility index (Phi) is 8.34. The van der Waals surface area contributed by atoms with Crippen molar-refractivity contribution in [2.75, 3.05) is 26.7 Å². The maximum absolute atomic E-state index is 13.2. The molecule has 1 saturated heterocycles. The van der Waals surface area contributed by atoms with Crippen LogP contribution in [0.3, 0.4) is 0 Å². The lowest BCUT2D eigenvalue weighted by Gasteiger charge is -2.48. The molecule has 4 rings (SSSR count). The molecular weight excluding hydrogens is 520 g/mol. The average molecular weight is 557 g/mol. The van der Waals surface area contributed by atoms with Crippen LogP contribution in [0.2, 0.25) is 0 Å². The Bertz CT molecular complexity index is 1340. The highest BCUT2D eigenvalue weighted by Crippen LogP contribution is 2.31. The lowest BCUT2D eigenvalue weighted by Crippen LogP contribution is -2.77. The van der Waals surface area contributed by atoms with Crippen molar-refractivity contribution in [3.8, 4) is 5.75 Å². The van der Waals surface area contributed by atoms with Gasteiger partial charge in [0, 0.05) is 18.7 Å². The molecule has 0 bridgehead atoms. The highest BCUT2D eigenvalue weighted by Gasteiger charge is 2.54. The molecule has 11 heteroatoms. The van der Waals surface area contributed by atoms with Crippen LogP contribution in [0.25, 0.3) is 0 Å². The van der Waals surface area contributed by atoms with E-state index in [-0.39, 0.29) is 35.9 Å². The van der Waals surface area contributed by atoms with Crippen molar-refractivity contribution in [2.45, 2.75) is 50.1 Å². The highest BCUT2D eigenvalue weighted by atomic mass is 32.2. The van der Waals surface area contributed by atoms with Gasteiger partial charge >= 0.3 is 0 Å². The first-order chi connectivity index (χ1) is 18.5. The van der Waals surface area contributed by atoms with Crippen LogP contribution in [0.4, 0.5) is 0 Å². The van der Waals surface area contributed by atoms with Gasteiger partial charge in [-0.25, -0.2) is 13.9 Å². The Hall–Kier alpha value is -3.41. The number of sulfonamides is 1. The van der Waals surface area contributed by atoms with Crippen LogP contribution in [-0.2, 0) is 19.6 Å².